The summed E-state index contributed by atoms with van der Waals surface area (Å²) in [4.78, 5) is 4.46. The highest BCUT2D eigenvalue weighted by Gasteiger charge is 2.18. The Bertz CT molecular complexity index is 423. The molecule has 2 aromatic rings. The summed E-state index contributed by atoms with van der Waals surface area (Å²) >= 11 is 1.78. The van der Waals surface area contributed by atoms with Gasteiger partial charge in [-0.2, -0.15) is 0 Å². The molecule has 0 saturated heterocycles. The minimum absolute atomic E-state index is 0.143. The van der Waals surface area contributed by atoms with Crippen LogP contribution < -0.4 is 0 Å². The van der Waals surface area contributed by atoms with Crippen LogP contribution in [0.2, 0.25) is 0 Å². The van der Waals surface area contributed by atoms with Gasteiger partial charge in [0.1, 0.15) is 0 Å². The molecule has 0 amide bonds. The van der Waals surface area contributed by atoms with Crippen molar-refractivity contribution >= 4 is 21.4 Å². The molecule has 0 radical (unpaired) electrons. The van der Waals surface area contributed by atoms with Crippen molar-refractivity contribution in [3.05, 3.63) is 29.4 Å². The van der Waals surface area contributed by atoms with Crippen molar-refractivity contribution in [1.29, 1.82) is 0 Å². The van der Waals surface area contributed by atoms with Crippen LogP contribution in [0.15, 0.2) is 23.7 Å². The molecule has 0 atom stereocenters. The highest BCUT2D eigenvalue weighted by Crippen LogP contribution is 2.31. The van der Waals surface area contributed by atoms with Crippen LogP contribution in [-0.2, 0) is 5.41 Å². The van der Waals surface area contributed by atoms with Crippen LogP contribution in [0.5, 0.6) is 0 Å². The second kappa shape index (κ2) is 2.81. The zero-order chi connectivity index (χ0) is 9.47. The van der Waals surface area contributed by atoms with Crippen LogP contribution in [0.3, 0.4) is 0 Å². The van der Waals surface area contributed by atoms with Gasteiger partial charge in [-0.3, -0.25) is 4.98 Å². The lowest BCUT2D eigenvalue weighted by Gasteiger charge is -2.17. The van der Waals surface area contributed by atoms with E-state index in [0.717, 1.165) is 0 Å². The van der Waals surface area contributed by atoms with Crippen molar-refractivity contribution in [3.8, 4) is 0 Å². The van der Waals surface area contributed by atoms with Crippen molar-refractivity contribution in [3.63, 3.8) is 0 Å². The smallest absolute Gasteiger partial charge is 0.0634 e. The standard InChI is InChI=1S/C11H13NS/c1-11(2,3)10-9-8(4-6-12-10)5-7-13-9/h4-7H,1-3H3. The van der Waals surface area contributed by atoms with Gasteiger partial charge in [-0.25, -0.2) is 0 Å². The Kier molecular flexibility index (Phi) is 1.88. The molecule has 2 aromatic heterocycles. The predicted molar refractivity (Wildman–Crippen MR) is 58.3 cm³/mol. The Balaban J connectivity index is 2.75. The summed E-state index contributed by atoms with van der Waals surface area (Å²) in [7, 11) is 0. The predicted octanol–water partition coefficient (Wildman–Crippen LogP) is 3.59. The summed E-state index contributed by atoms with van der Waals surface area (Å²) in [5, 5.41) is 3.44. The Labute approximate surface area is 82.4 Å². The largest absolute Gasteiger partial charge is 0.259 e. The van der Waals surface area contributed by atoms with E-state index in [1.54, 1.807) is 11.3 Å². The van der Waals surface area contributed by atoms with Gasteiger partial charge in [0.15, 0.2) is 0 Å². The van der Waals surface area contributed by atoms with Gasteiger partial charge in [-0.15, -0.1) is 11.3 Å². The molecule has 0 aliphatic heterocycles. The van der Waals surface area contributed by atoms with Crippen molar-refractivity contribution in [2.45, 2.75) is 26.2 Å². The maximum absolute atomic E-state index is 4.46. The molecule has 0 bridgehead atoms. The monoisotopic (exact) mass is 191 g/mol. The average Bonchev–Trinajstić information content (AvgIpc) is 2.48. The lowest BCUT2D eigenvalue weighted by Crippen LogP contribution is -2.13. The van der Waals surface area contributed by atoms with E-state index in [2.05, 4.69) is 43.3 Å². The molecule has 13 heavy (non-hydrogen) atoms. The number of thiophene rings is 1. The quantitative estimate of drug-likeness (QED) is 0.620. The molecule has 0 saturated carbocycles. The lowest BCUT2D eigenvalue weighted by atomic mass is 9.91. The zero-order valence-corrected chi connectivity index (χ0v) is 8.98. The van der Waals surface area contributed by atoms with Crippen LogP contribution in [0.25, 0.3) is 10.1 Å². The number of aromatic nitrogens is 1. The van der Waals surface area contributed by atoms with Crippen LogP contribution in [0.1, 0.15) is 26.5 Å². The Morgan fingerprint density at radius 2 is 2.00 bits per heavy atom. The van der Waals surface area contributed by atoms with Gasteiger partial charge in [0, 0.05) is 11.6 Å². The van der Waals surface area contributed by atoms with E-state index in [1.807, 2.05) is 6.20 Å². The van der Waals surface area contributed by atoms with Crippen molar-refractivity contribution in [1.82, 2.24) is 4.98 Å². The van der Waals surface area contributed by atoms with Crippen LogP contribution >= 0.6 is 11.3 Å². The number of pyridine rings is 1. The van der Waals surface area contributed by atoms with Crippen molar-refractivity contribution in [2.75, 3.05) is 0 Å². The SMILES string of the molecule is CC(C)(C)c1nccc2ccsc12. The fourth-order valence-corrected chi connectivity index (χ4v) is 2.52. The van der Waals surface area contributed by atoms with Gasteiger partial charge in [-0.1, -0.05) is 20.8 Å². The molecule has 0 fully saturated rings. The van der Waals surface area contributed by atoms with E-state index in [4.69, 9.17) is 0 Å². The van der Waals surface area contributed by atoms with Crippen LogP contribution in [0, 0.1) is 0 Å². The highest BCUT2D eigenvalue weighted by molar-refractivity contribution is 7.17. The molecule has 1 nitrogen and oxygen atoms in total. The number of fused-ring (bicyclic) bond motifs is 1. The Morgan fingerprint density at radius 1 is 1.23 bits per heavy atom. The van der Waals surface area contributed by atoms with Gasteiger partial charge in [-0.05, 0) is 22.9 Å². The normalized spacial score (nSPS) is 12.2. The Hall–Kier alpha value is -0.890. The third kappa shape index (κ3) is 1.46. The molecule has 68 valence electrons. The fraction of sp³-hybridized carbons (Fsp3) is 0.364. The second-order valence-electron chi connectivity index (χ2n) is 4.25. The number of rotatable bonds is 0. The molecule has 0 spiro atoms. The van der Waals surface area contributed by atoms with Crippen molar-refractivity contribution in [2.24, 2.45) is 0 Å². The minimum atomic E-state index is 0.143. The number of hydrogen-bond donors (Lipinski definition) is 0. The van der Waals surface area contributed by atoms with Gasteiger partial charge >= 0.3 is 0 Å². The van der Waals surface area contributed by atoms with Crippen molar-refractivity contribution < 1.29 is 0 Å². The molecule has 0 aromatic carbocycles. The van der Waals surface area contributed by atoms with Gasteiger partial charge < -0.3 is 0 Å². The van der Waals surface area contributed by atoms with E-state index in [0.29, 0.717) is 0 Å². The van der Waals surface area contributed by atoms with E-state index in [9.17, 15) is 0 Å². The molecule has 0 aliphatic carbocycles. The fourth-order valence-electron chi connectivity index (χ4n) is 1.43. The second-order valence-corrected chi connectivity index (χ2v) is 5.16. The summed E-state index contributed by atoms with van der Waals surface area (Å²) < 4.78 is 1.33. The van der Waals surface area contributed by atoms with Crippen LogP contribution in [0.4, 0.5) is 0 Å². The van der Waals surface area contributed by atoms with E-state index < -0.39 is 0 Å². The minimum Gasteiger partial charge on any atom is -0.259 e. The van der Waals surface area contributed by atoms with Crippen LogP contribution in [-0.4, -0.2) is 4.98 Å². The third-order valence-corrected chi connectivity index (χ3v) is 3.02. The highest BCUT2D eigenvalue weighted by atomic mass is 32.1. The summed E-state index contributed by atoms with van der Waals surface area (Å²) in [5.74, 6) is 0. The first-order valence-corrected chi connectivity index (χ1v) is 5.30. The molecule has 2 rings (SSSR count). The lowest BCUT2D eigenvalue weighted by molar-refractivity contribution is 0.576. The molecular formula is C11H13NS. The summed E-state index contributed by atoms with van der Waals surface area (Å²) in [6, 6.07) is 4.22. The molecule has 2 heteroatoms. The third-order valence-electron chi connectivity index (χ3n) is 2.08. The average molecular weight is 191 g/mol. The topological polar surface area (TPSA) is 12.9 Å². The zero-order valence-electron chi connectivity index (χ0n) is 8.16. The number of nitrogens with zero attached hydrogens (tertiary/aromatic N) is 1. The first kappa shape index (κ1) is 8.70. The van der Waals surface area contributed by atoms with E-state index in [-0.39, 0.29) is 5.41 Å². The molecular weight excluding hydrogens is 178 g/mol. The Morgan fingerprint density at radius 3 is 2.69 bits per heavy atom. The molecule has 0 N–H and O–H groups in total. The maximum atomic E-state index is 4.46. The molecule has 0 unspecified atom stereocenters. The first-order valence-electron chi connectivity index (χ1n) is 4.42. The first-order chi connectivity index (χ1) is 6.09. The summed E-state index contributed by atoms with van der Waals surface area (Å²) in [6.45, 7) is 6.61. The summed E-state index contributed by atoms with van der Waals surface area (Å²) in [6.07, 6.45) is 1.90. The van der Waals surface area contributed by atoms with E-state index >= 15 is 0 Å². The molecule has 2 heterocycles. The van der Waals surface area contributed by atoms with Gasteiger partial charge in [0.05, 0.1) is 10.4 Å². The van der Waals surface area contributed by atoms with Gasteiger partial charge in [0.25, 0.3) is 0 Å². The summed E-state index contributed by atoms with van der Waals surface area (Å²) in [5.41, 5.74) is 1.35. The molecule has 0 aliphatic rings. The number of hydrogen-bond acceptors (Lipinski definition) is 2. The maximum Gasteiger partial charge on any atom is 0.0634 e. The van der Waals surface area contributed by atoms with E-state index in [1.165, 1.54) is 15.8 Å². The van der Waals surface area contributed by atoms with Gasteiger partial charge in [0.2, 0.25) is 0 Å².